The molecule has 74 valence electrons. The number of halogens is 1. The molecule has 1 rings (SSSR count). The Kier molecular flexibility index (Phi) is 4.32. The van der Waals surface area contributed by atoms with E-state index < -0.39 is 0 Å². The van der Waals surface area contributed by atoms with Crippen LogP contribution < -0.4 is 5.32 Å². The molecule has 3 nitrogen and oxygen atoms in total. The van der Waals surface area contributed by atoms with Gasteiger partial charge in [-0.1, -0.05) is 6.58 Å². The molecule has 0 aliphatic heterocycles. The van der Waals surface area contributed by atoms with Crippen molar-refractivity contribution in [1.29, 1.82) is 0 Å². The molecular weight excluding hydrogens is 244 g/mol. The third-order valence-corrected chi connectivity index (χ3v) is 2.40. The van der Waals surface area contributed by atoms with E-state index in [0.717, 1.165) is 10.2 Å². The average Bonchev–Trinajstić information content (AvgIpc) is 2.20. The summed E-state index contributed by atoms with van der Waals surface area (Å²) in [5, 5.41) is 2.69. The molecule has 0 atom stereocenters. The number of amides is 1. The van der Waals surface area contributed by atoms with E-state index in [1.54, 1.807) is 6.20 Å². The van der Waals surface area contributed by atoms with E-state index in [-0.39, 0.29) is 5.91 Å². The first-order chi connectivity index (χ1) is 6.74. The van der Waals surface area contributed by atoms with E-state index in [4.69, 9.17) is 0 Å². The summed E-state index contributed by atoms with van der Waals surface area (Å²) in [5.41, 5.74) is 0.942. The molecule has 0 radical (unpaired) electrons. The minimum Gasteiger partial charge on any atom is -0.352 e. The molecule has 0 saturated heterocycles. The maximum atomic E-state index is 10.8. The van der Waals surface area contributed by atoms with Crippen LogP contribution in [0.15, 0.2) is 35.5 Å². The van der Waals surface area contributed by atoms with E-state index in [9.17, 15) is 4.79 Å². The lowest BCUT2D eigenvalue weighted by Crippen LogP contribution is -2.23. The fraction of sp³-hybridized carbons (Fsp3) is 0.200. The van der Waals surface area contributed by atoms with Crippen LogP contribution in [-0.4, -0.2) is 17.4 Å². The van der Waals surface area contributed by atoms with Crippen LogP contribution in [0.5, 0.6) is 0 Å². The highest BCUT2D eigenvalue weighted by atomic mass is 79.9. The van der Waals surface area contributed by atoms with Gasteiger partial charge in [0.1, 0.15) is 0 Å². The van der Waals surface area contributed by atoms with Crippen LogP contribution in [0, 0.1) is 0 Å². The summed E-state index contributed by atoms with van der Waals surface area (Å²) < 4.78 is 0.966. The van der Waals surface area contributed by atoms with Gasteiger partial charge < -0.3 is 5.32 Å². The van der Waals surface area contributed by atoms with Crippen molar-refractivity contribution in [3.63, 3.8) is 0 Å². The van der Waals surface area contributed by atoms with Crippen molar-refractivity contribution in [2.75, 3.05) is 6.54 Å². The molecule has 1 heterocycles. The monoisotopic (exact) mass is 254 g/mol. The molecule has 0 fully saturated rings. The molecule has 1 amide bonds. The molecule has 0 bridgehead atoms. The van der Waals surface area contributed by atoms with Gasteiger partial charge in [-0.05, 0) is 34.1 Å². The van der Waals surface area contributed by atoms with E-state index in [0.29, 0.717) is 13.0 Å². The number of hydrogen-bond acceptors (Lipinski definition) is 2. The van der Waals surface area contributed by atoms with Gasteiger partial charge >= 0.3 is 0 Å². The topological polar surface area (TPSA) is 42.0 Å². The van der Waals surface area contributed by atoms with Crippen LogP contribution in [0.3, 0.4) is 0 Å². The van der Waals surface area contributed by atoms with Crippen molar-refractivity contribution >= 4 is 21.8 Å². The number of carbonyl (C=O) groups excluding carboxylic acids is 1. The Morgan fingerprint density at radius 1 is 1.71 bits per heavy atom. The highest BCUT2D eigenvalue weighted by Crippen LogP contribution is 2.12. The van der Waals surface area contributed by atoms with Crippen molar-refractivity contribution in [1.82, 2.24) is 10.3 Å². The van der Waals surface area contributed by atoms with Crippen LogP contribution in [0.4, 0.5) is 0 Å². The quantitative estimate of drug-likeness (QED) is 0.832. The van der Waals surface area contributed by atoms with Gasteiger partial charge in [-0.3, -0.25) is 9.78 Å². The van der Waals surface area contributed by atoms with Gasteiger partial charge in [-0.2, -0.15) is 0 Å². The molecule has 14 heavy (non-hydrogen) atoms. The lowest BCUT2D eigenvalue weighted by Gasteiger charge is -2.03. The third-order valence-electron chi connectivity index (χ3n) is 1.68. The van der Waals surface area contributed by atoms with E-state index in [2.05, 4.69) is 32.8 Å². The smallest absolute Gasteiger partial charge is 0.243 e. The van der Waals surface area contributed by atoms with E-state index in [1.165, 1.54) is 6.08 Å². The Labute approximate surface area is 91.4 Å². The van der Waals surface area contributed by atoms with Gasteiger partial charge in [-0.15, -0.1) is 0 Å². The van der Waals surface area contributed by atoms with Gasteiger partial charge in [-0.25, -0.2) is 0 Å². The maximum absolute atomic E-state index is 10.8. The van der Waals surface area contributed by atoms with Gasteiger partial charge in [0, 0.05) is 23.6 Å². The van der Waals surface area contributed by atoms with Crippen LogP contribution >= 0.6 is 15.9 Å². The zero-order valence-electron chi connectivity index (χ0n) is 7.66. The molecule has 0 aliphatic rings. The summed E-state index contributed by atoms with van der Waals surface area (Å²) in [7, 11) is 0. The van der Waals surface area contributed by atoms with Crippen molar-refractivity contribution in [2.24, 2.45) is 0 Å². The Morgan fingerprint density at radius 3 is 3.14 bits per heavy atom. The van der Waals surface area contributed by atoms with Crippen LogP contribution in [0.1, 0.15) is 5.69 Å². The number of hydrogen-bond donors (Lipinski definition) is 1. The van der Waals surface area contributed by atoms with Gasteiger partial charge in [0.25, 0.3) is 0 Å². The molecule has 0 saturated carbocycles. The second-order valence-electron chi connectivity index (χ2n) is 2.68. The number of aromatic nitrogens is 1. The highest BCUT2D eigenvalue weighted by Gasteiger charge is 2.00. The summed E-state index contributed by atoms with van der Waals surface area (Å²) in [4.78, 5) is 15.0. The lowest BCUT2D eigenvalue weighted by molar-refractivity contribution is -0.116. The number of nitrogens with one attached hydrogen (secondary N) is 1. The van der Waals surface area contributed by atoms with Crippen molar-refractivity contribution in [3.8, 4) is 0 Å². The summed E-state index contributed by atoms with van der Waals surface area (Å²) in [6.07, 6.45) is 3.70. The average molecular weight is 255 g/mol. The van der Waals surface area contributed by atoms with Crippen molar-refractivity contribution in [2.45, 2.75) is 6.42 Å². The second-order valence-corrected chi connectivity index (χ2v) is 3.53. The first kappa shape index (κ1) is 10.9. The van der Waals surface area contributed by atoms with Crippen LogP contribution in [-0.2, 0) is 11.2 Å². The Hall–Kier alpha value is -1.16. The number of pyridine rings is 1. The predicted octanol–water partition coefficient (Wildman–Crippen LogP) is 1.69. The van der Waals surface area contributed by atoms with Gasteiger partial charge in [0.15, 0.2) is 0 Å². The minimum absolute atomic E-state index is 0.156. The number of carbonyl (C=O) groups is 1. The first-order valence-corrected chi connectivity index (χ1v) is 5.03. The predicted molar refractivity (Wildman–Crippen MR) is 58.8 cm³/mol. The van der Waals surface area contributed by atoms with E-state index >= 15 is 0 Å². The van der Waals surface area contributed by atoms with Crippen molar-refractivity contribution in [3.05, 3.63) is 41.2 Å². The summed E-state index contributed by atoms with van der Waals surface area (Å²) in [6, 6.07) is 3.79. The molecule has 0 spiro atoms. The molecule has 0 aromatic carbocycles. The summed E-state index contributed by atoms with van der Waals surface area (Å²) >= 11 is 3.39. The Morgan fingerprint density at radius 2 is 2.50 bits per heavy atom. The van der Waals surface area contributed by atoms with Crippen molar-refractivity contribution < 1.29 is 4.79 Å². The standard InChI is InChI=1S/C10H11BrN2O/c1-2-10(14)13-7-5-9-8(11)4-3-6-12-9/h2-4,6H,1,5,7H2,(H,13,14). The first-order valence-electron chi connectivity index (χ1n) is 4.23. The second kappa shape index (κ2) is 5.54. The number of nitrogens with zero attached hydrogens (tertiary/aromatic N) is 1. The molecular formula is C10H11BrN2O. The molecule has 1 aromatic rings. The molecule has 1 aromatic heterocycles. The maximum Gasteiger partial charge on any atom is 0.243 e. The molecule has 4 heteroatoms. The SMILES string of the molecule is C=CC(=O)NCCc1ncccc1Br. The fourth-order valence-corrected chi connectivity index (χ4v) is 1.43. The lowest BCUT2D eigenvalue weighted by atomic mass is 10.3. The molecule has 0 aliphatic carbocycles. The Balaban J connectivity index is 2.42. The zero-order chi connectivity index (χ0) is 10.4. The summed E-state index contributed by atoms with van der Waals surface area (Å²) in [6.45, 7) is 3.94. The van der Waals surface area contributed by atoms with Crippen LogP contribution in [0.25, 0.3) is 0 Å². The zero-order valence-corrected chi connectivity index (χ0v) is 9.25. The molecule has 1 N–H and O–H groups in total. The van der Waals surface area contributed by atoms with Gasteiger partial charge in [0.2, 0.25) is 5.91 Å². The number of rotatable bonds is 4. The fourth-order valence-electron chi connectivity index (χ4n) is 0.979. The minimum atomic E-state index is -0.156. The Bertz CT molecular complexity index is 339. The summed E-state index contributed by atoms with van der Waals surface area (Å²) in [5.74, 6) is -0.156. The third kappa shape index (κ3) is 3.30. The van der Waals surface area contributed by atoms with Gasteiger partial charge in [0.05, 0.1) is 5.69 Å². The molecule has 0 unspecified atom stereocenters. The highest BCUT2D eigenvalue weighted by molar-refractivity contribution is 9.10. The largest absolute Gasteiger partial charge is 0.352 e. The van der Waals surface area contributed by atoms with Crippen LogP contribution in [0.2, 0.25) is 0 Å². The van der Waals surface area contributed by atoms with E-state index in [1.807, 2.05) is 12.1 Å². The normalized spacial score (nSPS) is 9.50.